The van der Waals surface area contributed by atoms with Gasteiger partial charge < -0.3 is 10.6 Å². The van der Waals surface area contributed by atoms with Crippen molar-refractivity contribution >= 4 is 34.8 Å². The summed E-state index contributed by atoms with van der Waals surface area (Å²) >= 11 is 11.4. The molecule has 1 rings (SSSR count). The molecule has 1 heterocycles. The third-order valence-corrected chi connectivity index (χ3v) is 2.19. The highest BCUT2D eigenvalue weighted by molar-refractivity contribution is 6.38. The van der Waals surface area contributed by atoms with E-state index in [0.29, 0.717) is 0 Å². The van der Waals surface area contributed by atoms with Gasteiger partial charge in [-0.3, -0.25) is 4.79 Å². The van der Waals surface area contributed by atoms with Crippen LogP contribution in [0.25, 0.3) is 0 Å². The van der Waals surface area contributed by atoms with Gasteiger partial charge in [-0.25, -0.2) is 4.98 Å². The maximum absolute atomic E-state index is 11.5. The van der Waals surface area contributed by atoms with E-state index in [-0.39, 0.29) is 27.5 Å². The zero-order valence-corrected chi connectivity index (χ0v) is 9.23. The van der Waals surface area contributed by atoms with Crippen LogP contribution in [0, 0.1) is 0 Å². The lowest BCUT2D eigenvalue weighted by molar-refractivity contribution is 0.0822. The number of carbonyl (C=O) groups is 1. The average molecular weight is 234 g/mol. The van der Waals surface area contributed by atoms with Crippen LogP contribution >= 0.6 is 23.2 Å². The highest BCUT2D eigenvalue weighted by Crippen LogP contribution is 2.26. The molecule has 0 fully saturated rings. The number of nitrogens with zero attached hydrogens (tertiary/aromatic N) is 2. The molecule has 0 saturated heterocycles. The van der Waals surface area contributed by atoms with Gasteiger partial charge in [0.1, 0.15) is 5.69 Å². The molecular weight excluding hydrogens is 225 g/mol. The Kier molecular flexibility index (Phi) is 3.18. The summed E-state index contributed by atoms with van der Waals surface area (Å²) in [6.45, 7) is 0. The van der Waals surface area contributed by atoms with Crippen LogP contribution < -0.4 is 5.73 Å². The van der Waals surface area contributed by atoms with E-state index in [1.54, 1.807) is 14.1 Å². The van der Waals surface area contributed by atoms with Gasteiger partial charge >= 0.3 is 0 Å². The number of amides is 1. The summed E-state index contributed by atoms with van der Waals surface area (Å²) in [4.78, 5) is 16.7. The fourth-order valence-electron chi connectivity index (χ4n) is 0.833. The standard InChI is InChI=1S/C8H9Cl2N3O/c1-13(2)8(14)5-3-4(9)6(11)7(10)12-5/h3H,11H2,1-2H3. The monoisotopic (exact) mass is 233 g/mol. The Morgan fingerprint density at radius 1 is 1.50 bits per heavy atom. The van der Waals surface area contributed by atoms with Crippen LogP contribution in [0.2, 0.25) is 10.2 Å². The first-order valence-electron chi connectivity index (χ1n) is 3.76. The molecule has 0 radical (unpaired) electrons. The molecule has 2 N–H and O–H groups in total. The molecule has 0 aliphatic carbocycles. The van der Waals surface area contributed by atoms with E-state index in [2.05, 4.69) is 4.98 Å². The number of carbonyl (C=O) groups excluding carboxylic acids is 1. The van der Waals surface area contributed by atoms with Crippen molar-refractivity contribution in [3.63, 3.8) is 0 Å². The predicted octanol–water partition coefficient (Wildman–Crippen LogP) is 1.67. The zero-order valence-electron chi connectivity index (χ0n) is 7.71. The number of nitrogen functional groups attached to an aromatic ring is 1. The Morgan fingerprint density at radius 3 is 2.50 bits per heavy atom. The number of aromatic nitrogens is 1. The molecule has 0 atom stereocenters. The van der Waals surface area contributed by atoms with E-state index in [4.69, 9.17) is 28.9 Å². The summed E-state index contributed by atoms with van der Waals surface area (Å²) in [5.74, 6) is -0.270. The fourth-order valence-corrected chi connectivity index (χ4v) is 1.27. The molecule has 0 spiro atoms. The largest absolute Gasteiger partial charge is 0.395 e. The number of anilines is 1. The van der Waals surface area contributed by atoms with Gasteiger partial charge in [-0.15, -0.1) is 0 Å². The summed E-state index contributed by atoms with van der Waals surface area (Å²) in [6.07, 6.45) is 0. The molecule has 1 aromatic rings. The summed E-state index contributed by atoms with van der Waals surface area (Å²) in [7, 11) is 3.23. The molecule has 0 aliphatic heterocycles. The summed E-state index contributed by atoms with van der Waals surface area (Å²) in [5, 5.41) is 0.276. The quantitative estimate of drug-likeness (QED) is 0.752. The average Bonchev–Trinajstić information content (AvgIpc) is 2.12. The van der Waals surface area contributed by atoms with Crippen molar-refractivity contribution in [2.24, 2.45) is 0 Å². The van der Waals surface area contributed by atoms with Crippen LogP contribution in [0.5, 0.6) is 0 Å². The first-order valence-corrected chi connectivity index (χ1v) is 4.52. The van der Waals surface area contributed by atoms with Gasteiger partial charge in [0.15, 0.2) is 5.15 Å². The van der Waals surface area contributed by atoms with Gasteiger partial charge in [-0.05, 0) is 6.07 Å². The van der Waals surface area contributed by atoms with Gasteiger partial charge in [0, 0.05) is 14.1 Å². The molecule has 0 saturated carbocycles. The fraction of sp³-hybridized carbons (Fsp3) is 0.250. The van der Waals surface area contributed by atoms with Gasteiger partial charge in [0.2, 0.25) is 0 Å². The Bertz CT molecular complexity index is 356. The van der Waals surface area contributed by atoms with Crippen molar-refractivity contribution in [2.75, 3.05) is 19.8 Å². The molecule has 0 unspecified atom stereocenters. The van der Waals surface area contributed by atoms with Crippen molar-refractivity contribution in [3.8, 4) is 0 Å². The van der Waals surface area contributed by atoms with E-state index < -0.39 is 0 Å². The molecular formula is C8H9Cl2N3O. The molecule has 4 nitrogen and oxygen atoms in total. The first-order chi connectivity index (χ1) is 6.43. The van der Waals surface area contributed by atoms with Crippen LogP contribution in [-0.2, 0) is 0 Å². The molecule has 76 valence electrons. The molecule has 6 heteroatoms. The van der Waals surface area contributed by atoms with Crippen LogP contribution in [0.1, 0.15) is 10.5 Å². The Morgan fingerprint density at radius 2 is 2.07 bits per heavy atom. The van der Waals surface area contributed by atoms with E-state index >= 15 is 0 Å². The Hall–Kier alpha value is -1.00. The summed E-state index contributed by atoms with van der Waals surface area (Å²) in [6, 6.07) is 1.39. The van der Waals surface area contributed by atoms with E-state index in [1.807, 2.05) is 0 Å². The summed E-state index contributed by atoms with van der Waals surface area (Å²) < 4.78 is 0. The molecule has 1 aromatic heterocycles. The first kappa shape index (κ1) is 11.1. The topological polar surface area (TPSA) is 59.2 Å². The second-order valence-electron chi connectivity index (χ2n) is 2.89. The van der Waals surface area contributed by atoms with Crippen LogP contribution in [0.3, 0.4) is 0 Å². The predicted molar refractivity (Wildman–Crippen MR) is 56.7 cm³/mol. The van der Waals surface area contributed by atoms with Crippen molar-refractivity contribution in [1.29, 1.82) is 0 Å². The number of pyridine rings is 1. The third kappa shape index (κ3) is 2.08. The zero-order chi connectivity index (χ0) is 10.9. The molecule has 1 amide bonds. The summed E-state index contributed by atoms with van der Waals surface area (Å²) in [5.41, 5.74) is 5.84. The van der Waals surface area contributed by atoms with E-state index in [0.717, 1.165) is 0 Å². The van der Waals surface area contributed by atoms with Gasteiger partial charge in [0.25, 0.3) is 5.91 Å². The smallest absolute Gasteiger partial charge is 0.272 e. The van der Waals surface area contributed by atoms with Crippen molar-refractivity contribution in [1.82, 2.24) is 9.88 Å². The highest BCUT2D eigenvalue weighted by Gasteiger charge is 2.14. The van der Waals surface area contributed by atoms with Gasteiger partial charge in [-0.2, -0.15) is 0 Å². The molecule has 0 aliphatic rings. The number of halogens is 2. The van der Waals surface area contributed by atoms with Gasteiger partial charge in [-0.1, -0.05) is 23.2 Å². The van der Waals surface area contributed by atoms with Crippen LogP contribution in [0.4, 0.5) is 5.69 Å². The number of hydrogen-bond donors (Lipinski definition) is 1. The van der Waals surface area contributed by atoms with E-state index in [9.17, 15) is 4.79 Å². The maximum atomic E-state index is 11.5. The van der Waals surface area contributed by atoms with E-state index in [1.165, 1.54) is 11.0 Å². The maximum Gasteiger partial charge on any atom is 0.272 e. The second kappa shape index (κ2) is 4.02. The third-order valence-electron chi connectivity index (χ3n) is 1.59. The van der Waals surface area contributed by atoms with Crippen LogP contribution in [0.15, 0.2) is 6.07 Å². The lowest BCUT2D eigenvalue weighted by atomic mass is 10.3. The molecule has 0 bridgehead atoms. The Balaban J connectivity index is 3.19. The minimum atomic E-state index is -0.270. The van der Waals surface area contributed by atoms with Crippen molar-refractivity contribution in [3.05, 3.63) is 21.9 Å². The van der Waals surface area contributed by atoms with Crippen molar-refractivity contribution in [2.45, 2.75) is 0 Å². The van der Waals surface area contributed by atoms with Gasteiger partial charge in [0.05, 0.1) is 10.7 Å². The minimum Gasteiger partial charge on any atom is -0.395 e. The number of rotatable bonds is 1. The number of hydrogen-bond acceptors (Lipinski definition) is 3. The molecule has 0 aromatic carbocycles. The lowest BCUT2D eigenvalue weighted by Gasteiger charge is -2.10. The molecule has 14 heavy (non-hydrogen) atoms. The Labute approximate surface area is 91.6 Å². The highest BCUT2D eigenvalue weighted by atomic mass is 35.5. The minimum absolute atomic E-state index is 0.0442. The van der Waals surface area contributed by atoms with Crippen molar-refractivity contribution < 1.29 is 4.79 Å². The lowest BCUT2D eigenvalue weighted by Crippen LogP contribution is -2.23. The van der Waals surface area contributed by atoms with Crippen LogP contribution in [-0.4, -0.2) is 29.9 Å². The number of nitrogens with two attached hydrogens (primary N) is 1. The SMILES string of the molecule is CN(C)C(=O)c1cc(Cl)c(N)c(Cl)n1. The second-order valence-corrected chi connectivity index (χ2v) is 3.66. The normalized spacial score (nSPS) is 10.0.